The minimum atomic E-state index is -0.452. The molecule has 0 saturated heterocycles. The van der Waals surface area contributed by atoms with Gasteiger partial charge in [0.05, 0.1) is 6.61 Å². The number of nitrogens with two attached hydrogens (primary N) is 1. The molecule has 0 atom stereocenters. The van der Waals surface area contributed by atoms with Crippen molar-refractivity contribution in [3.63, 3.8) is 0 Å². The van der Waals surface area contributed by atoms with Gasteiger partial charge in [-0.25, -0.2) is 4.39 Å². The largest absolute Gasteiger partial charge is 0.493 e. The van der Waals surface area contributed by atoms with Crippen LogP contribution in [0.4, 0.5) is 4.39 Å². The lowest BCUT2D eigenvalue weighted by Gasteiger charge is -2.23. The quantitative estimate of drug-likeness (QED) is 0.765. The zero-order chi connectivity index (χ0) is 10.5. The van der Waals surface area contributed by atoms with Crippen LogP contribution in [0.15, 0.2) is 12.1 Å². The van der Waals surface area contributed by atoms with Gasteiger partial charge in [0.25, 0.3) is 0 Å². The van der Waals surface area contributed by atoms with Crippen molar-refractivity contribution in [1.82, 2.24) is 0 Å². The molecule has 3 heteroatoms. The van der Waals surface area contributed by atoms with Gasteiger partial charge in [0, 0.05) is 11.1 Å². The Morgan fingerprint density at radius 1 is 1.33 bits per heavy atom. The van der Waals surface area contributed by atoms with E-state index in [1.807, 2.05) is 6.07 Å². The third-order valence-electron chi connectivity index (χ3n) is 3.31. The molecular weight excluding hydrogens is 193 g/mol. The van der Waals surface area contributed by atoms with Crippen LogP contribution in [-0.4, -0.2) is 6.61 Å². The van der Waals surface area contributed by atoms with Crippen LogP contribution in [0.2, 0.25) is 0 Å². The van der Waals surface area contributed by atoms with Crippen LogP contribution in [0, 0.1) is 5.82 Å². The van der Waals surface area contributed by atoms with Gasteiger partial charge < -0.3 is 10.5 Å². The fourth-order valence-electron chi connectivity index (χ4n) is 2.25. The first-order valence-corrected chi connectivity index (χ1v) is 5.44. The van der Waals surface area contributed by atoms with Gasteiger partial charge in [-0.1, -0.05) is 6.07 Å². The van der Waals surface area contributed by atoms with Gasteiger partial charge in [-0.05, 0) is 37.3 Å². The van der Waals surface area contributed by atoms with Crippen LogP contribution in [0.5, 0.6) is 5.75 Å². The lowest BCUT2D eigenvalue weighted by Crippen LogP contribution is -2.24. The number of hydrogen-bond acceptors (Lipinski definition) is 2. The van der Waals surface area contributed by atoms with Crippen LogP contribution in [-0.2, 0) is 12.0 Å². The van der Waals surface area contributed by atoms with Crippen molar-refractivity contribution in [3.8, 4) is 5.75 Å². The maximum absolute atomic E-state index is 13.8. The maximum atomic E-state index is 13.8. The Bertz CT molecular complexity index is 412. The fraction of sp³-hybridized carbons (Fsp3) is 0.500. The van der Waals surface area contributed by atoms with Crippen molar-refractivity contribution in [2.24, 2.45) is 5.73 Å². The normalized spacial score (nSPS) is 21.7. The molecule has 0 radical (unpaired) electrons. The summed E-state index contributed by atoms with van der Waals surface area (Å²) in [5.74, 6) is 0.511. The van der Waals surface area contributed by atoms with Crippen LogP contribution >= 0.6 is 0 Å². The average molecular weight is 207 g/mol. The standard InChI is InChI=1S/C12H14FNO/c13-9-4-3-8-2-1-7-15-11(8)10(9)12(14)5-6-12/h3-4H,1-2,5-7,14H2. The number of rotatable bonds is 1. The number of fused-ring (bicyclic) bond motifs is 1. The number of halogens is 1. The predicted octanol–water partition coefficient (Wildman–Crippen LogP) is 2.10. The fourth-order valence-corrected chi connectivity index (χ4v) is 2.25. The zero-order valence-electron chi connectivity index (χ0n) is 8.55. The van der Waals surface area contributed by atoms with Gasteiger partial charge in [-0.15, -0.1) is 0 Å². The summed E-state index contributed by atoms with van der Waals surface area (Å²) in [5, 5.41) is 0. The molecular formula is C12H14FNO. The third kappa shape index (κ3) is 1.34. The van der Waals surface area contributed by atoms with Gasteiger partial charge in [0.15, 0.2) is 0 Å². The molecule has 0 spiro atoms. The highest BCUT2D eigenvalue weighted by molar-refractivity contribution is 5.49. The monoisotopic (exact) mass is 207 g/mol. The van der Waals surface area contributed by atoms with Crippen LogP contribution in [0.25, 0.3) is 0 Å². The van der Waals surface area contributed by atoms with Crippen molar-refractivity contribution >= 4 is 0 Å². The summed E-state index contributed by atoms with van der Waals surface area (Å²) in [5.41, 5.74) is 7.34. The molecule has 15 heavy (non-hydrogen) atoms. The van der Waals surface area contributed by atoms with Gasteiger partial charge in [0.2, 0.25) is 0 Å². The molecule has 0 aromatic heterocycles. The predicted molar refractivity (Wildman–Crippen MR) is 55.3 cm³/mol. The van der Waals surface area contributed by atoms with Crippen molar-refractivity contribution in [3.05, 3.63) is 29.1 Å². The summed E-state index contributed by atoms with van der Waals surface area (Å²) < 4.78 is 19.3. The highest BCUT2D eigenvalue weighted by atomic mass is 19.1. The molecule has 1 aromatic rings. The molecule has 0 unspecified atom stereocenters. The summed E-state index contributed by atoms with van der Waals surface area (Å²) in [6.45, 7) is 0.680. The molecule has 3 rings (SSSR count). The first kappa shape index (κ1) is 9.16. The number of ether oxygens (including phenoxy) is 1. The topological polar surface area (TPSA) is 35.2 Å². The van der Waals surface area contributed by atoms with Crippen molar-refractivity contribution in [1.29, 1.82) is 0 Å². The molecule has 1 saturated carbocycles. The van der Waals surface area contributed by atoms with Crippen molar-refractivity contribution in [2.75, 3.05) is 6.61 Å². The van der Waals surface area contributed by atoms with E-state index in [-0.39, 0.29) is 5.82 Å². The van der Waals surface area contributed by atoms with Crippen molar-refractivity contribution < 1.29 is 9.13 Å². The summed E-state index contributed by atoms with van der Waals surface area (Å²) in [6, 6.07) is 3.34. The maximum Gasteiger partial charge on any atom is 0.131 e. The van der Waals surface area contributed by atoms with E-state index in [4.69, 9.17) is 10.5 Å². The van der Waals surface area contributed by atoms with Crippen LogP contribution in [0.3, 0.4) is 0 Å². The lowest BCUT2D eigenvalue weighted by atomic mass is 9.96. The van der Waals surface area contributed by atoms with Crippen LogP contribution in [0.1, 0.15) is 30.4 Å². The Morgan fingerprint density at radius 2 is 2.13 bits per heavy atom. The van der Waals surface area contributed by atoms with E-state index in [2.05, 4.69) is 0 Å². The molecule has 1 aliphatic heterocycles. The molecule has 1 aromatic carbocycles. The van der Waals surface area contributed by atoms with E-state index in [0.717, 1.165) is 37.0 Å². The van der Waals surface area contributed by atoms with Crippen LogP contribution < -0.4 is 10.5 Å². The molecule has 2 N–H and O–H groups in total. The Morgan fingerprint density at radius 3 is 2.87 bits per heavy atom. The highest BCUT2D eigenvalue weighted by Crippen LogP contribution is 2.49. The summed E-state index contributed by atoms with van der Waals surface area (Å²) in [4.78, 5) is 0. The van der Waals surface area contributed by atoms with Gasteiger partial charge >= 0.3 is 0 Å². The molecule has 2 nitrogen and oxygen atoms in total. The summed E-state index contributed by atoms with van der Waals surface area (Å²) in [7, 11) is 0. The Hall–Kier alpha value is -1.09. The second-order valence-electron chi connectivity index (χ2n) is 4.52. The molecule has 0 bridgehead atoms. The van der Waals surface area contributed by atoms with Gasteiger partial charge in [-0.2, -0.15) is 0 Å². The van der Waals surface area contributed by atoms with Crippen molar-refractivity contribution in [2.45, 2.75) is 31.2 Å². The second kappa shape index (κ2) is 2.95. The van der Waals surface area contributed by atoms with E-state index < -0.39 is 5.54 Å². The SMILES string of the molecule is NC1(c2c(F)ccc3c2OCCC3)CC1. The van der Waals surface area contributed by atoms with E-state index in [9.17, 15) is 4.39 Å². The number of aryl methyl sites for hydroxylation is 1. The molecule has 0 amide bonds. The smallest absolute Gasteiger partial charge is 0.131 e. The number of benzene rings is 1. The summed E-state index contributed by atoms with van der Waals surface area (Å²) >= 11 is 0. The zero-order valence-corrected chi connectivity index (χ0v) is 8.55. The Kier molecular flexibility index (Phi) is 1.80. The molecule has 1 heterocycles. The van der Waals surface area contributed by atoms with E-state index in [1.54, 1.807) is 0 Å². The number of hydrogen-bond donors (Lipinski definition) is 1. The second-order valence-corrected chi connectivity index (χ2v) is 4.52. The lowest BCUT2D eigenvalue weighted by molar-refractivity contribution is 0.280. The van der Waals surface area contributed by atoms with Gasteiger partial charge in [-0.3, -0.25) is 0 Å². The minimum absolute atomic E-state index is 0.212. The summed E-state index contributed by atoms with van der Waals surface area (Å²) in [6.07, 6.45) is 3.71. The molecule has 1 aliphatic carbocycles. The molecule has 80 valence electrons. The van der Waals surface area contributed by atoms with E-state index in [0.29, 0.717) is 12.2 Å². The third-order valence-corrected chi connectivity index (χ3v) is 3.31. The molecule has 1 fully saturated rings. The Labute approximate surface area is 88.2 Å². The highest BCUT2D eigenvalue weighted by Gasteiger charge is 2.45. The van der Waals surface area contributed by atoms with E-state index in [1.165, 1.54) is 6.07 Å². The van der Waals surface area contributed by atoms with Gasteiger partial charge in [0.1, 0.15) is 11.6 Å². The molecule has 2 aliphatic rings. The first-order valence-electron chi connectivity index (χ1n) is 5.44. The average Bonchev–Trinajstić information content (AvgIpc) is 2.97. The first-order chi connectivity index (χ1) is 7.21. The van der Waals surface area contributed by atoms with E-state index >= 15 is 0 Å². The Balaban J connectivity index is 2.18. The minimum Gasteiger partial charge on any atom is -0.493 e.